The molecule has 2 atom stereocenters. The molecule has 1 aliphatic carbocycles. The number of rotatable bonds is 8. The lowest BCUT2D eigenvalue weighted by atomic mass is 9.91. The van der Waals surface area contributed by atoms with Crippen LogP contribution in [0.3, 0.4) is 0 Å². The van der Waals surface area contributed by atoms with Crippen LogP contribution in [-0.2, 0) is 11.2 Å². The topological polar surface area (TPSA) is 44.4 Å². The number of carbonyl (C=O) groups is 1. The minimum atomic E-state index is 0. The van der Waals surface area contributed by atoms with E-state index in [9.17, 15) is 4.79 Å². The predicted octanol–water partition coefficient (Wildman–Crippen LogP) is 3.29. The van der Waals surface area contributed by atoms with Gasteiger partial charge >= 0.3 is 0 Å². The van der Waals surface area contributed by atoms with Crippen LogP contribution in [0.1, 0.15) is 38.7 Å². The molecule has 1 aliphatic heterocycles. The Balaban J connectivity index is 0.00000182. The quantitative estimate of drug-likeness (QED) is 0.684. The Bertz CT molecular complexity index is 560. The Morgan fingerprint density at radius 1 is 1.19 bits per heavy atom. The third-order valence-corrected chi connectivity index (χ3v) is 6.26. The van der Waals surface area contributed by atoms with Crippen LogP contribution < -0.4 is 10.6 Å². The maximum atomic E-state index is 12.7. The summed E-state index contributed by atoms with van der Waals surface area (Å²) in [6.07, 6.45) is 4.40. The summed E-state index contributed by atoms with van der Waals surface area (Å²) in [4.78, 5) is 15.1. The average Bonchev–Trinajstić information content (AvgIpc) is 3.34. The van der Waals surface area contributed by atoms with Crippen molar-refractivity contribution in [2.75, 3.05) is 32.7 Å². The zero-order valence-electron chi connectivity index (χ0n) is 16.6. The lowest BCUT2D eigenvalue weighted by Crippen LogP contribution is -2.46. The first-order valence-corrected chi connectivity index (χ1v) is 9.95. The van der Waals surface area contributed by atoms with E-state index in [2.05, 4.69) is 59.7 Å². The van der Waals surface area contributed by atoms with Crippen molar-refractivity contribution in [2.24, 2.45) is 11.3 Å². The van der Waals surface area contributed by atoms with Crippen LogP contribution in [0, 0.1) is 11.3 Å². The van der Waals surface area contributed by atoms with Crippen LogP contribution in [0.4, 0.5) is 0 Å². The number of piperidine rings is 1. The van der Waals surface area contributed by atoms with Crippen molar-refractivity contribution < 1.29 is 4.79 Å². The Morgan fingerprint density at radius 3 is 2.41 bits per heavy atom. The van der Waals surface area contributed by atoms with Crippen molar-refractivity contribution in [3.8, 4) is 0 Å². The molecule has 1 amide bonds. The smallest absolute Gasteiger partial charge is 0.223 e. The van der Waals surface area contributed by atoms with Gasteiger partial charge in [0, 0.05) is 18.5 Å². The molecule has 2 aliphatic rings. The van der Waals surface area contributed by atoms with E-state index in [4.69, 9.17) is 0 Å². The van der Waals surface area contributed by atoms with Gasteiger partial charge < -0.3 is 10.6 Å². The summed E-state index contributed by atoms with van der Waals surface area (Å²) in [6, 6.07) is 11.0. The number of carbonyl (C=O) groups excluding carboxylic acids is 1. The van der Waals surface area contributed by atoms with Gasteiger partial charge in [-0.05, 0) is 62.8 Å². The van der Waals surface area contributed by atoms with Crippen molar-refractivity contribution in [1.82, 2.24) is 15.5 Å². The zero-order chi connectivity index (χ0) is 17.7. The van der Waals surface area contributed by atoms with E-state index in [1.807, 2.05) is 0 Å². The zero-order valence-corrected chi connectivity index (χ0v) is 18.2. The highest BCUT2D eigenvalue weighted by atomic mass is 35.5. The Morgan fingerprint density at radius 2 is 1.81 bits per heavy atom. The molecule has 0 radical (unpaired) electrons. The van der Waals surface area contributed by atoms with Crippen molar-refractivity contribution in [1.29, 1.82) is 0 Å². The summed E-state index contributed by atoms with van der Waals surface area (Å²) in [7, 11) is 0. The Kier molecular flexibility index (Phi) is 10.1. The second-order valence-electron chi connectivity index (χ2n) is 7.68. The maximum Gasteiger partial charge on any atom is 0.223 e. The van der Waals surface area contributed by atoms with Crippen LogP contribution in [0.15, 0.2) is 30.3 Å². The fraction of sp³-hybridized carbons (Fsp3) is 0.667. The summed E-state index contributed by atoms with van der Waals surface area (Å²) in [5.41, 5.74) is 1.66. The molecule has 2 unspecified atom stereocenters. The highest BCUT2D eigenvalue weighted by Gasteiger charge is 2.57. The largest absolute Gasteiger partial charge is 0.354 e. The molecule has 1 saturated carbocycles. The highest BCUT2D eigenvalue weighted by Crippen LogP contribution is 2.58. The average molecular weight is 416 g/mol. The number of halogens is 2. The summed E-state index contributed by atoms with van der Waals surface area (Å²) in [5.74, 6) is 0.538. The van der Waals surface area contributed by atoms with E-state index in [0.717, 1.165) is 58.4 Å². The van der Waals surface area contributed by atoms with Gasteiger partial charge in [0.2, 0.25) is 5.91 Å². The number of likely N-dealkylation sites (N-methyl/N-ethyl adjacent to an activating group) is 1. The summed E-state index contributed by atoms with van der Waals surface area (Å²) < 4.78 is 0. The van der Waals surface area contributed by atoms with Gasteiger partial charge in [-0.25, -0.2) is 0 Å². The second kappa shape index (κ2) is 11.3. The van der Waals surface area contributed by atoms with Gasteiger partial charge in [0.05, 0.1) is 0 Å². The molecule has 154 valence electrons. The molecule has 1 heterocycles. The van der Waals surface area contributed by atoms with Gasteiger partial charge in [0.1, 0.15) is 0 Å². The molecular weight excluding hydrogens is 381 g/mol. The van der Waals surface area contributed by atoms with E-state index in [-0.39, 0.29) is 36.6 Å². The molecule has 1 aromatic carbocycles. The van der Waals surface area contributed by atoms with Gasteiger partial charge in [-0.15, -0.1) is 24.8 Å². The fourth-order valence-electron chi connectivity index (χ4n) is 4.49. The molecule has 0 bridgehead atoms. The van der Waals surface area contributed by atoms with E-state index in [0.29, 0.717) is 11.5 Å². The first-order valence-electron chi connectivity index (χ1n) is 9.95. The number of nitrogens with zero attached hydrogens (tertiary/aromatic N) is 1. The number of benzene rings is 1. The second-order valence-corrected chi connectivity index (χ2v) is 7.68. The predicted molar refractivity (Wildman–Crippen MR) is 117 cm³/mol. The minimum Gasteiger partial charge on any atom is -0.354 e. The van der Waals surface area contributed by atoms with Crippen LogP contribution in [0.25, 0.3) is 0 Å². The van der Waals surface area contributed by atoms with Gasteiger partial charge in [-0.3, -0.25) is 9.69 Å². The molecule has 3 rings (SSSR count). The lowest BCUT2D eigenvalue weighted by molar-refractivity contribution is -0.123. The standard InChI is InChI=1S/C21H33N3O.2ClH/c1-3-24(4-2)18(14-17-8-6-5-7-9-17)16-23-20(25)19-15-21(19)10-12-22-13-11-21;;/h5-9,18-19,22H,3-4,10-16H2,1-2H3,(H,23,25);2*1H. The first-order chi connectivity index (χ1) is 12.2. The van der Waals surface area contributed by atoms with Crippen LogP contribution in [0.2, 0.25) is 0 Å². The highest BCUT2D eigenvalue weighted by molar-refractivity contribution is 5.85. The monoisotopic (exact) mass is 415 g/mol. The summed E-state index contributed by atoms with van der Waals surface area (Å²) in [6.45, 7) is 9.33. The van der Waals surface area contributed by atoms with Crippen molar-refractivity contribution >= 4 is 30.7 Å². The molecule has 4 nitrogen and oxygen atoms in total. The molecule has 2 N–H and O–H groups in total. The molecule has 27 heavy (non-hydrogen) atoms. The molecule has 1 aromatic rings. The molecule has 6 heteroatoms. The SMILES string of the molecule is CCN(CC)C(CNC(=O)C1CC12CCNCC2)Cc1ccccc1.Cl.Cl. The Hall–Kier alpha value is -0.810. The maximum absolute atomic E-state index is 12.7. The van der Waals surface area contributed by atoms with E-state index in [1.54, 1.807) is 0 Å². The van der Waals surface area contributed by atoms with E-state index < -0.39 is 0 Å². The van der Waals surface area contributed by atoms with Gasteiger partial charge in [-0.1, -0.05) is 44.2 Å². The first kappa shape index (κ1) is 24.2. The molecule has 1 spiro atoms. The minimum absolute atomic E-state index is 0. The van der Waals surface area contributed by atoms with Crippen molar-refractivity contribution in [3.63, 3.8) is 0 Å². The summed E-state index contributed by atoms with van der Waals surface area (Å²) in [5, 5.41) is 6.69. The summed E-state index contributed by atoms with van der Waals surface area (Å²) >= 11 is 0. The van der Waals surface area contributed by atoms with Gasteiger partial charge in [-0.2, -0.15) is 0 Å². The molecule has 2 fully saturated rings. The Labute approximate surface area is 176 Å². The van der Waals surface area contributed by atoms with E-state index in [1.165, 1.54) is 5.56 Å². The molecule has 0 aromatic heterocycles. The normalized spacial score (nSPS) is 21.1. The number of amides is 1. The number of nitrogens with one attached hydrogen (secondary N) is 2. The molecular formula is C21H35Cl2N3O. The van der Waals surface area contributed by atoms with Gasteiger partial charge in [0.15, 0.2) is 0 Å². The van der Waals surface area contributed by atoms with Crippen LogP contribution >= 0.6 is 24.8 Å². The fourth-order valence-corrected chi connectivity index (χ4v) is 4.49. The van der Waals surface area contributed by atoms with Crippen LogP contribution in [-0.4, -0.2) is 49.6 Å². The number of hydrogen-bond acceptors (Lipinski definition) is 3. The van der Waals surface area contributed by atoms with Gasteiger partial charge in [0.25, 0.3) is 0 Å². The van der Waals surface area contributed by atoms with Crippen molar-refractivity contribution in [3.05, 3.63) is 35.9 Å². The lowest BCUT2D eigenvalue weighted by Gasteiger charge is -2.30. The van der Waals surface area contributed by atoms with Crippen molar-refractivity contribution in [2.45, 2.75) is 45.6 Å². The third kappa shape index (κ3) is 6.08. The number of hydrogen-bond donors (Lipinski definition) is 2. The van der Waals surface area contributed by atoms with Crippen LogP contribution in [0.5, 0.6) is 0 Å². The van der Waals surface area contributed by atoms with E-state index >= 15 is 0 Å². The molecule has 1 saturated heterocycles. The third-order valence-electron chi connectivity index (χ3n) is 6.26.